The van der Waals surface area contributed by atoms with Gasteiger partial charge < -0.3 is 21.1 Å². The zero-order valence-electron chi connectivity index (χ0n) is 13.7. The molecule has 0 spiro atoms. The third kappa shape index (κ3) is 4.57. The van der Waals surface area contributed by atoms with Gasteiger partial charge in [0.1, 0.15) is 5.75 Å². The molecular weight excluding hydrogens is 306 g/mol. The molecule has 0 fully saturated rings. The minimum atomic E-state index is -0.500. The summed E-state index contributed by atoms with van der Waals surface area (Å²) in [5, 5.41) is 5.92. The van der Waals surface area contributed by atoms with E-state index < -0.39 is 5.91 Å². The lowest BCUT2D eigenvalue weighted by Crippen LogP contribution is -2.30. The van der Waals surface area contributed by atoms with Gasteiger partial charge in [0, 0.05) is 22.9 Å². The molecule has 0 unspecified atom stereocenters. The number of carbonyl (C=O) groups is 2. The number of primary amides is 1. The largest absolute Gasteiger partial charge is 0.496 e. The Kier molecular flexibility index (Phi) is 5.92. The molecule has 126 valence electrons. The Labute approximate surface area is 141 Å². The topological polar surface area (TPSA) is 93.4 Å². The molecule has 6 nitrogen and oxygen atoms in total. The van der Waals surface area contributed by atoms with Crippen LogP contribution in [0.25, 0.3) is 0 Å². The molecule has 0 bridgehead atoms. The zero-order chi connectivity index (χ0) is 17.5. The summed E-state index contributed by atoms with van der Waals surface area (Å²) in [5.41, 5.74) is 7.17. The quantitative estimate of drug-likeness (QED) is 0.726. The Balaban J connectivity index is 1.89. The van der Waals surface area contributed by atoms with Gasteiger partial charge in [0.25, 0.3) is 0 Å². The molecule has 0 aliphatic rings. The third-order valence-electron chi connectivity index (χ3n) is 3.63. The second-order valence-corrected chi connectivity index (χ2v) is 5.33. The lowest BCUT2D eigenvalue weighted by atomic mass is 10.1. The third-order valence-corrected chi connectivity index (χ3v) is 3.63. The SMILES string of the molecule is COc1ccccc1[C@@H](C)NCC(=O)Nc1ccc(C(N)=O)cc1. The first-order chi connectivity index (χ1) is 11.5. The minimum absolute atomic E-state index is 0.0378. The van der Waals surface area contributed by atoms with Crippen LogP contribution in [0.5, 0.6) is 5.75 Å². The number of methoxy groups -OCH3 is 1. The Hall–Kier alpha value is -2.86. The summed E-state index contributed by atoms with van der Waals surface area (Å²) < 4.78 is 5.32. The van der Waals surface area contributed by atoms with Crippen LogP contribution in [0.4, 0.5) is 5.69 Å². The van der Waals surface area contributed by atoms with E-state index in [2.05, 4.69) is 10.6 Å². The van der Waals surface area contributed by atoms with Crippen LogP contribution >= 0.6 is 0 Å². The lowest BCUT2D eigenvalue weighted by Gasteiger charge is -2.17. The highest BCUT2D eigenvalue weighted by Crippen LogP contribution is 2.24. The van der Waals surface area contributed by atoms with Crippen molar-refractivity contribution in [3.8, 4) is 5.75 Å². The Morgan fingerprint density at radius 2 is 1.79 bits per heavy atom. The van der Waals surface area contributed by atoms with Crippen LogP contribution < -0.4 is 21.1 Å². The van der Waals surface area contributed by atoms with Crippen LogP contribution in [-0.2, 0) is 4.79 Å². The van der Waals surface area contributed by atoms with E-state index in [-0.39, 0.29) is 18.5 Å². The first kappa shape index (κ1) is 17.5. The van der Waals surface area contributed by atoms with Crippen molar-refractivity contribution in [1.82, 2.24) is 5.32 Å². The molecule has 0 saturated heterocycles. The maximum atomic E-state index is 12.0. The van der Waals surface area contributed by atoms with Gasteiger partial charge in [-0.2, -0.15) is 0 Å². The number of nitrogens with two attached hydrogens (primary N) is 1. The second kappa shape index (κ2) is 8.12. The van der Waals surface area contributed by atoms with Gasteiger partial charge in [0.2, 0.25) is 11.8 Å². The van der Waals surface area contributed by atoms with Crippen LogP contribution in [0.1, 0.15) is 28.9 Å². The van der Waals surface area contributed by atoms with Crippen LogP contribution in [-0.4, -0.2) is 25.5 Å². The number of benzene rings is 2. The fourth-order valence-electron chi connectivity index (χ4n) is 2.30. The molecule has 0 radical (unpaired) electrons. The van der Waals surface area contributed by atoms with Gasteiger partial charge in [-0.05, 0) is 37.3 Å². The van der Waals surface area contributed by atoms with Crippen molar-refractivity contribution in [2.75, 3.05) is 19.0 Å². The standard InChI is InChI=1S/C18H21N3O3/c1-12(15-5-3-4-6-16(15)24-2)20-11-17(22)21-14-9-7-13(8-10-14)18(19)23/h3-10,12,20H,11H2,1-2H3,(H2,19,23)(H,21,22)/t12-/m1/s1. The molecule has 2 amide bonds. The van der Waals surface area contributed by atoms with Crippen molar-refractivity contribution >= 4 is 17.5 Å². The summed E-state index contributed by atoms with van der Waals surface area (Å²) in [6.45, 7) is 2.11. The second-order valence-electron chi connectivity index (χ2n) is 5.33. The van der Waals surface area contributed by atoms with E-state index in [0.29, 0.717) is 11.3 Å². The van der Waals surface area contributed by atoms with E-state index in [1.807, 2.05) is 31.2 Å². The molecule has 0 aromatic heterocycles. The lowest BCUT2D eigenvalue weighted by molar-refractivity contribution is -0.115. The van der Waals surface area contributed by atoms with Crippen LogP contribution in [0.2, 0.25) is 0 Å². The highest BCUT2D eigenvalue weighted by molar-refractivity contribution is 5.95. The summed E-state index contributed by atoms with van der Waals surface area (Å²) in [4.78, 5) is 23.0. The summed E-state index contributed by atoms with van der Waals surface area (Å²) in [5.74, 6) is 0.101. The van der Waals surface area contributed by atoms with E-state index in [1.54, 1.807) is 31.4 Å². The monoisotopic (exact) mass is 327 g/mol. The van der Waals surface area contributed by atoms with E-state index in [0.717, 1.165) is 11.3 Å². The smallest absolute Gasteiger partial charge is 0.248 e. The first-order valence-electron chi connectivity index (χ1n) is 7.57. The maximum absolute atomic E-state index is 12.0. The Bertz CT molecular complexity index is 714. The molecule has 24 heavy (non-hydrogen) atoms. The molecule has 1 atom stereocenters. The van der Waals surface area contributed by atoms with Gasteiger partial charge in [-0.25, -0.2) is 0 Å². The molecule has 0 aliphatic carbocycles. The van der Waals surface area contributed by atoms with Crippen molar-refractivity contribution in [3.63, 3.8) is 0 Å². The van der Waals surface area contributed by atoms with Gasteiger partial charge in [-0.15, -0.1) is 0 Å². The Morgan fingerprint density at radius 3 is 2.42 bits per heavy atom. The number of ether oxygens (including phenoxy) is 1. The number of nitrogens with one attached hydrogen (secondary N) is 2. The summed E-state index contributed by atoms with van der Waals surface area (Å²) in [7, 11) is 1.62. The molecule has 2 aromatic rings. The van der Waals surface area contributed by atoms with Crippen molar-refractivity contribution in [3.05, 3.63) is 59.7 Å². The number of carbonyl (C=O) groups excluding carboxylic acids is 2. The predicted molar refractivity (Wildman–Crippen MR) is 93.0 cm³/mol. The van der Waals surface area contributed by atoms with Gasteiger partial charge in [0.15, 0.2) is 0 Å². The first-order valence-corrected chi connectivity index (χ1v) is 7.57. The summed E-state index contributed by atoms with van der Waals surface area (Å²) in [6, 6.07) is 14.1. The van der Waals surface area contributed by atoms with Crippen LogP contribution in [0.3, 0.4) is 0 Å². The van der Waals surface area contributed by atoms with Crippen molar-refractivity contribution in [1.29, 1.82) is 0 Å². The highest BCUT2D eigenvalue weighted by atomic mass is 16.5. The molecule has 2 rings (SSSR count). The Morgan fingerprint density at radius 1 is 1.12 bits per heavy atom. The number of hydrogen-bond donors (Lipinski definition) is 3. The fraction of sp³-hybridized carbons (Fsp3) is 0.222. The van der Waals surface area contributed by atoms with E-state index in [1.165, 1.54) is 0 Å². The predicted octanol–water partition coefficient (Wildman–Crippen LogP) is 2.08. The van der Waals surface area contributed by atoms with E-state index >= 15 is 0 Å². The average Bonchev–Trinajstić information content (AvgIpc) is 2.60. The van der Waals surface area contributed by atoms with Gasteiger partial charge in [0.05, 0.1) is 13.7 Å². The number of anilines is 1. The normalized spacial score (nSPS) is 11.6. The van der Waals surface area contributed by atoms with Crippen molar-refractivity contribution < 1.29 is 14.3 Å². The van der Waals surface area contributed by atoms with Crippen LogP contribution in [0, 0.1) is 0 Å². The molecule has 0 saturated carbocycles. The average molecular weight is 327 g/mol. The summed E-state index contributed by atoms with van der Waals surface area (Å²) >= 11 is 0. The number of rotatable bonds is 7. The van der Waals surface area contributed by atoms with Crippen LogP contribution in [0.15, 0.2) is 48.5 Å². The van der Waals surface area contributed by atoms with Gasteiger partial charge in [-0.3, -0.25) is 9.59 Å². The highest BCUT2D eigenvalue weighted by Gasteiger charge is 2.12. The van der Waals surface area contributed by atoms with E-state index in [9.17, 15) is 9.59 Å². The zero-order valence-corrected chi connectivity index (χ0v) is 13.7. The van der Waals surface area contributed by atoms with Crippen molar-refractivity contribution in [2.24, 2.45) is 5.73 Å². The number of hydrogen-bond acceptors (Lipinski definition) is 4. The summed E-state index contributed by atoms with van der Waals surface area (Å²) in [6.07, 6.45) is 0. The fourth-order valence-corrected chi connectivity index (χ4v) is 2.30. The number of amides is 2. The molecule has 0 heterocycles. The molecule has 2 aromatic carbocycles. The molecule has 0 aliphatic heterocycles. The molecular formula is C18H21N3O3. The number of para-hydroxylation sites is 1. The minimum Gasteiger partial charge on any atom is -0.496 e. The van der Waals surface area contributed by atoms with E-state index in [4.69, 9.17) is 10.5 Å². The molecule has 6 heteroatoms. The molecule has 4 N–H and O–H groups in total. The maximum Gasteiger partial charge on any atom is 0.248 e. The van der Waals surface area contributed by atoms with Crippen molar-refractivity contribution in [2.45, 2.75) is 13.0 Å². The van der Waals surface area contributed by atoms with Gasteiger partial charge in [-0.1, -0.05) is 18.2 Å². The van der Waals surface area contributed by atoms with Gasteiger partial charge >= 0.3 is 0 Å².